The number of benzene rings is 2. The molecule has 0 amide bonds. The summed E-state index contributed by atoms with van der Waals surface area (Å²) in [6, 6.07) is 8.41. The fraction of sp³-hybridized carbons (Fsp3) is 0.190. The van der Waals surface area contributed by atoms with E-state index < -0.39 is 12.1 Å². The zero-order chi connectivity index (χ0) is 22.5. The number of hydrogen-bond donors (Lipinski definition) is 1. The van der Waals surface area contributed by atoms with Gasteiger partial charge in [0.1, 0.15) is 5.69 Å². The lowest BCUT2D eigenvalue weighted by molar-refractivity contribution is -0.355. The third-order valence-electron chi connectivity index (χ3n) is 4.09. The van der Waals surface area contributed by atoms with Crippen LogP contribution in [0.4, 0.5) is 18.9 Å². The van der Waals surface area contributed by atoms with E-state index in [1.165, 1.54) is 54.5 Å². The quantitative estimate of drug-likeness (QED) is 0.256. The number of alkyl halides is 3. The van der Waals surface area contributed by atoms with Crippen LogP contribution in [0, 0.1) is 0 Å². The molecule has 158 valence electrons. The average Bonchev–Trinajstić information content (AvgIpc) is 2.64. The molecule has 0 bridgehead atoms. The molecule has 0 aromatic heterocycles. The van der Waals surface area contributed by atoms with E-state index >= 15 is 0 Å². The Kier molecular flexibility index (Phi) is 7.81. The number of Topliss-reactive ketones (excluding diaryl/α,β-unsaturated/α-hetero) is 1. The van der Waals surface area contributed by atoms with E-state index in [-0.39, 0.29) is 27.0 Å². The van der Waals surface area contributed by atoms with Crippen molar-refractivity contribution in [3.05, 3.63) is 69.2 Å². The summed E-state index contributed by atoms with van der Waals surface area (Å²) in [4.78, 5) is 16.1. The van der Waals surface area contributed by atoms with Crippen molar-refractivity contribution in [3.63, 3.8) is 0 Å². The smallest absolute Gasteiger partial charge is 0.325 e. The molecule has 0 spiro atoms. The number of rotatable bonds is 6. The Hall–Kier alpha value is -2.64. The highest BCUT2D eigenvalue weighted by Gasteiger charge is 2.39. The van der Waals surface area contributed by atoms with Gasteiger partial charge < -0.3 is 5.73 Å². The third kappa shape index (κ3) is 6.43. The molecule has 2 rings (SSSR count). The SMILES string of the molecule is CC(=O)c1cc(C=CC(c2cc(Cl)cc(Cl)c2)C(F)(F)F)ccc1N=C[N+](C)=CN. The number of halogens is 5. The van der Waals surface area contributed by atoms with Gasteiger partial charge in [0, 0.05) is 10.0 Å². The van der Waals surface area contributed by atoms with Gasteiger partial charge in [-0.1, -0.05) is 41.4 Å². The Morgan fingerprint density at radius 2 is 1.80 bits per heavy atom. The number of nitrogens with two attached hydrogens (primary N) is 1. The van der Waals surface area contributed by atoms with E-state index in [2.05, 4.69) is 4.99 Å². The van der Waals surface area contributed by atoms with E-state index in [0.29, 0.717) is 11.3 Å². The lowest BCUT2D eigenvalue weighted by Crippen LogP contribution is -2.18. The van der Waals surface area contributed by atoms with Crippen LogP contribution >= 0.6 is 23.2 Å². The molecule has 2 aromatic carbocycles. The van der Waals surface area contributed by atoms with E-state index in [1.807, 2.05) is 0 Å². The average molecular weight is 457 g/mol. The van der Waals surface area contributed by atoms with E-state index in [1.54, 1.807) is 19.2 Å². The molecule has 0 aliphatic carbocycles. The predicted molar refractivity (Wildman–Crippen MR) is 115 cm³/mol. The van der Waals surface area contributed by atoms with Crippen LogP contribution in [0.15, 0.2) is 47.5 Å². The first-order valence-corrected chi connectivity index (χ1v) is 9.44. The lowest BCUT2D eigenvalue weighted by Gasteiger charge is -2.18. The summed E-state index contributed by atoms with van der Waals surface area (Å²) in [5, 5.41) is 0.224. The van der Waals surface area contributed by atoms with Crippen molar-refractivity contribution in [2.24, 2.45) is 10.7 Å². The molecule has 0 aliphatic heterocycles. The molecule has 0 saturated carbocycles. The molecule has 0 heterocycles. The summed E-state index contributed by atoms with van der Waals surface area (Å²) in [6.07, 6.45) is 0.447. The molecular formula is C21H19Cl2F3N3O+. The van der Waals surface area contributed by atoms with E-state index in [4.69, 9.17) is 28.9 Å². The minimum Gasteiger partial charge on any atom is -0.325 e. The number of allylic oxidation sites excluding steroid dienone is 1. The summed E-state index contributed by atoms with van der Waals surface area (Å²) in [5.41, 5.74) is 6.34. The van der Waals surface area contributed by atoms with Gasteiger partial charge in [-0.15, -0.1) is 4.99 Å². The Bertz CT molecular complexity index is 1010. The molecule has 2 aromatic rings. The zero-order valence-corrected chi connectivity index (χ0v) is 17.6. The van der Waals surface area contributed by atoms with Crippen LogP contribution in [-0.2, 0) is 0 Å². The van der Waals surface area contributed by atoms with E-state index in [0.717, 1.165) is 6.08 Å². The van der Waals surface area contributed by atoms with Crippen molar-refractivity contribution in [1.82, 2.24) is 0 Å². The Labute approximate surface area is 182 Å². The number of carbonyl (C=O) groups is 1. The Morgan fingerprint density at radius 1 is 1.17 bits per heavy atom. The third-order valence-corrected chi connectivity index (χ3v) is 4.53. The topological polar surface area (TPSA) is 58.5 Å². The van der Waals surface area contributed by atoms with Gasteiger partial charge in [0.05, 0.1) is 18.5 Å². The highest BCUT2D eigenvalue weighted by molar-refractivity contribution is 6.34. The van der Waals surface area contributed by atoms with Gasteiger partial charge in [-0.3, -0.25) is 4.79 Å². The molecule has 1 unspecified atom stereocenters. The summed E-state index contributed by atoms with van der Waals surface area (Å²) >= 11 is 11.7. The lowest BCUT2D eigenvalue weighted by atomic mass is 9.96. The second kappa shape index (κ2) is 9.91. The monoisotopic (exact) mass is 456 g/mol. The van der Waals surface area contributed by atoms with Gasteiger partial charge in [-0.2, -0.15) is 13.2 Å². The Morgan fingerprint density at radius 3 is 2.33 bits per heavy atom. The molecule has 0 saturated heterocycles. The van der Waals surface area contributed by atoms with Gasteiger partial charge in [-0.05, 0) is 48.4 Å². The van der Waals surface area contributed by atoms with Crippen LogP contribution in [0.1, 0.15) is 34.3 Å². The molecule has 0 fully saturated rings. The molecule has 4 nitrogen and oxygen atoms in total. The number of aliphatic imine (C=N–C) groups is 1. The van der Waals surface area contributed by atoms with Crippen molar-refractivity contribution < 1.29 is 22.5 Å². The van der Waals surface area contributed by atoms with Crippen LogP contribution in [0.2, 0.25) is 10.0 Å². The summed E-state index contributed by atoms with van der Waals surface area (Å²) in [7, 11) is 1.66. The Balaban J connectivity index is 2.43. The largest absolute Gasteiger partial charge is 0.399 e. The maximum Gasteiger partial charge on any atom is 0.399 e. The van der Waals surface area contributed by atoms with Crippen molar-refractivity contribution in [3.8, 4) is 0 Å². The molecule has 9 heteroatoms. The fourth-order valence-electron chi connectivity index (χ4n) is 2.61. The highest BCUT2D eigenvalue weighted by atomic mass is 35.5. The van der Waals surface area contributed by atoms with Crippen LogP contribution < -0.4 is 5.73 Å². The predicted octanol–water partition coefficient (Wildman–Crippen LogP) is 5.84. The summed E-state index contributed by atoms with van der Waals surface area (Å²) < 4.78 is 42.4. The first-order chi connectivity index (χ1) is 14.0. The van der Waals surface area contributed by atoms with E-state index in [9.17, 15) is 18.0 Å². The molecule has 2 N–H and O–H groups in total. The standard InChI is InChI=1S/C21H18Cl2F3N3O/c1-13(30)18-7-14(4-6-20(18)28-12-29(2)11-27)3-5-19(21(24,25)26)15-8-16(22)10-17(23)9-15/h3-12,19,27H,1-2H3/p+1. The van der Waals surface area contributed by atoms with Crippen molar-refractivity contribution in [2.75, 3.05) is 7.05 Å². The highest BCUT2D eigenvalue weighted by Crippen LogP contribution is 2.38. The first-order valence-electron chi connectivity index (χ1n) is 8.68. The van der Waals surface area contributed by atoms with Crippen LogP contribution in [0.25, 0.3) is 6.08 Å². The van der Waals surface area contributed by atoms with Gasteiger partial charge in [0.2, 0.25) is 6.34 Å². The zero-order valence-electron chi connectivity index (χ0n) is 16.1. The van der Waals surface area contributed by atoms with Crippen molar-refractivity contribution in [1.29, 1.82) is 0 Å². The number of carbonyl (C=O) groups excluding carboxylic acids is 1. The molecule has 0 radical (unpaired) electrons. The normalized spacial score (nSPS) is 13.9. The second-order valence-electron chi connectivity index (χ2n) is 6.47. The van der Waals surface area contributed by atoms with Crippen molar-refractivity contribution >= 4 is 53.4 Å². The van der Waals surface area contributed by atoms with Gasteiger partial charge in [0.25, 0.3) is 0 Å². The number of nitrogens with zero attached hydrogens (tertiary/aromatic N) is 2. The molecule has 1 atom stereocenters. The fourth-order valence-corrected chi connectivity index (χ4v) is 3.16. The number of ketones is 1. The maximum absolute atomic E-state index is 13.6. The molecule has 0 aliphatic rings. The minimum absolute atomic E-state index is 0.0784. The molecule has 30 heavy (non-hydrogen) atoms. The first kappa shape index (κ1) is 23.6. The summed E-state index contributed by atoms with van der Waals surface area (Å²) in [6.45, 7) is 1.35. The number of hydrogen-bond acceptors (Lipinski definition) is 2. The summed E-state index contributed by atoms with van der Waals surface area (Å²) in [5.74, 6) is -2.19. The van der Waals surface area contributed by atoms with Crippen LogP contribution in [0.5, 0.6) is 0 Å². The minimum atomic E-state index is -4.55. The maximum atomic E-state index is 13.6. The van der Waals surface area contributed by atoms with Crippen LogP contribution in [0.3, 0.4) is 0 Å². The van der Waals surface area contributed by atoms with Gasteiger partial charge >= 0.3 is 6.18 Å². The molecular weight excluding hydrogens is 438 g/mol. The van der Waals surface area contributed by atoms with Gasteiger partial charge in [-0.25, -0.2) is 4.58 Å². The van der Waals surface area contributed by atoms with Gasteiger partial charge in [0.15, 0.2) is 12.1 Å². The second-order valence-corrected chi connectivity index (χ2v) is 7.35. The van der Waals surface area contributed by atoms with Crippen LogP contribution in [-0.4, -0.2) is 36.3 Å². The van der Waals surface area contributed by atoms with Crippen molar-refractivity contribution in [2.45, 2.75) is 19.0 Å².